The van der Waals surface area contributed by atoms with Crippen molar-refractivity contribution in [2.75, 3.05) is 11.9 Å². The summed E-state index contributed by atoms with van der Waals surface area (Å²) in [6, 6.07) is 10.1. The number of aliphatic hydroxyl groups excluding tert-OH is 1. The molecule has 3 rings (SSSR count). The number of hydrogen-bond donors (Lipinski definition) is 2. The first-order valence-corrected chi connectivity index (χ1v) is 7.91. The summed E-state index contributed by atoms with van der Waals surface area (Å²) in [7, 11) is 0. The van der Waals surface area contributed by atoms with Crippen LogP contribution in [-0.2, 0) is 0 Å². The molecule has 2 heterocycles. The van der Waals surface area contributed by atoms with E-state index in [-0.39, 0.29) is 12.3 Å². The van der Waals surface area contributed by atoms with Gasteiger partial charge in [0.2, 0.25) is 5.95 Å². The van der Waals surface area contributed by atoms with Crippen LogP contribution in [0.15, 0.2) is 55.0 Å². The Kier molecular flexibility index (Phi) is 6.69. The Morgan fingerprint density at radius 1 is 1.23 bits per heavy atom. The van der Waals surface area contributed by atoms with E-state index in [1.807, 2.05) is 19.1 Å². The number of benzene rings is 1. The highest BCUT2D eigenvalue weighted by Crippen LogP contribution is 2.25. The largest absolute Gasteiger partial charge is 0.397 e. The van der Waals surface area contributed by atoms with Crippen LogP contribution in [0.3, 0.4) is 0 Å². The number of aryl methyl sites for hydroxylation is 1. The van der Waals surface area contributed by atoms with Crippen LogP contribution >= 0.6 is 0 Å². The molecule has 0 atom stereocenters. The molecule has 26 heavy (non-hydrogen) atoms. The Bertz CT molecular complexity index is 872. The SMILES string of the molecule is CCO.Cc1ccc([N+](=O)[O-])cc1Nc1nccc(-c2cccnc2)n1. The van der Waals surface area contributed by atoms with Gasteiger partial charge in [0.1, 0.15) is 0 Å². The zero-order valence-corrected chi connectivity index (χ0v) is 14.5. The Labute approximate surface area is 150 Å². The lowest BCUT2D eigenvalue weighted by atomic mass is 10.2. The summed E-state index contributed by atoms with van der Waals surface area (Å²) in [5, 5.41) is 21.5. The second-order valence-corrected chi connectivity index (χ2v) is 5.20. The van der Waals surface area contributed by atoms with E-state index < -0.39 is 4.92 Å². The van der Waals surface area contributed by atoms with Gasteiger partial charge in [-0.05, 0) is 37.6 Å². The predicted octanol–water partition coefficient (Wildman–Crippen LogP) is 3.50. The molecule has 2 N–H and O–H groups in total. The number of anilines is 2. The summed E-state index contributed by atoms with van der Waals surface area (Å²) >= 11 is 0. The third kappa shape index (κ3) is 5.05. The molecule has 1 aromatic carbocycles. The van der Waals surface area contributed by atoms with Gasteiger partial charge in [0, 0.05) is 42.9 Å². The van der Waals surface area contributed by atoms with Crippen LogP contribution in [-0.4, -0.2) is 31.6 Å². The number of hydrogen-bond acceptors (Lipinski definition) is 7. The number of rotatable bonds is 4. The second-order valence-electron chi connectivity index (χ2n) is 5.20. The van der Waals surface area contributed by atoms with E-state index >= 15 is 0 Å². The lowest BCUT2D eigenvalue weighted by molar-refractivity contribution is -0.384. The molecule has 8 nitrogen and oxygen atoms in total. The monoisotopic (exact) mass is 353 g/mol. The van der Waals surface area contributed by atoms with Crippen molar-refractivity contribution in [2.45, 2.75) is 13.8 Å². The van der Waals surface area contributed by atoms with Crippen LogP contribution in [0.1, 0.15) is 12.5 Å². The summed E-state index contributed by atoms with van der Waals surface area (Å²) in [6.07, 6.45) is 5.03. The van der Waals surface area contributed by atoms with Crippen molar-refractivity contribution >= 4 is 17.3 Å². The summed E-state index contributed by atoms with van der Waals surface area (Å²) in [4.78, 5) is 23.1. The first-order valence-electron chi connectivity index (χ1n) is 7.91. The standard InChI is InChI=1S/C16H13N5O2.C2H6O/c1-11-4-5-13(21(22)23)9-15(11)20-16-18-8-6-14(19-16)12-3-2-7-17-10-12;1-2-3/h2-10H,1H3,(H,18,19,20);3H,2H2,1H3. The van der Waals surface area contributed by atoms with Gasteiger partial charge in [0.15, 0.2) is 0 Å². The maximum atomic E-state index is 10.9. The molecule has 0 aliphatic carbocycles. The number of nitrogens with one attached hydrogen (secondary N) is 1. The first kappa shape index (κ1) is 18.9. The van der Waals surface area contributed by atoms with E-state index in [1.165, 1.54) is 12.1 Å². The zero-order chi connectivity index (χ0) is 18.9. The van der Waals surface area contributed by atoms with Gasteiger partial charge < -0.3 is 10.4 Å². The second kappa shape index (κ2) is 9.19. The molecule has 8 heteroatoms. The van der Waals surface area contributed by atoms with E-state index in [9.17, 15) is 10.1 Å². The number of aromatic nitrogens is 3. The van der Waals surface area contributed by atoms with Gasteiger partial charge in [-0.25, -0.2) is 9.97 Å². The molecule has 0 saturated heterocycles. The van der Waals surface area contributed by atoms with Crippen LogP contribution < -0.4 is 5.32 Å². The fourth-order valence-corrected chi connectivity index (χ4v) is 2.07. The fraction of sp³-hybridized carbons (Fsp3) is 0.167. The first-order chi connectivity index (χ1) is 12.5. The van der Waals surface area contributed by atoms with Gasteiger partial charge >= 0.3 is 0 Å². The van der Waals surface area contributed by atoms with E-state index in [2.05, 4.69) is 20.3 Å². The van der Waals surface area contributed by atoms with Crippen molar-refractivity contribution < 1.29 is 10.0 Å². The maximum absolute atomic E-state index is 10.9. The van der Waals surface area contributed by atoms with Crippen molar-refractivity contribution in [3.05, 3.63) is 70.7 Å². The summed E-state index contributed by atoms with van der Waals surface area (Å²) in [6.45, 7) is 3.79. The van der Waals surface area contributed by atoms with Crippen molar-refractivity contribution in [3.8, 4) is 11.3 Å². The van der Waals surface area contributed by atoms with E-state index in [4.69, 9.17) is 5.11 Å². The maximum Gasteiger partial charge on any atom is 0.271 e. The van der Waals surface area contributed by atoms with E-state index in [1.54, 1.807) is 37.6 Å². The van der Waals surface area contributed by atoms with Crippen LogP contribution in [0.2, 0.25) is 0 Å². The smallest absolute Gasteiger partial charge is 0.271 e. The number of nitro benzene ring substituents is 1. The third-order valence-electron chi connectivity index (χ3n) is 3.29. The molecule has 0 radical (unpaired) electrons. The lowest BCUT2D eigenvalue weighted by Crippen LogP contribution is -2.00. The molecular formula is C18H19N5O3. The lowest BCUT2D eigenvalue weighted by Gasteiger charge is -2.09. The molecule has 0 aliphatic heterocycles. The summed E-state index contributed by atoms with van der Waals surface area (Å²) in [5.74, 6) is 0.370. The molecule has 134 valence electrons. The van der Waals surface area contributed by atoms with Crippen LogP contribution in [0.5, 0.6) is 0 Å². The van der Waals surface area contributed by atoms with Crippen molar-refractivity contribution in [3.63, 3.8) is 0 Å². The van der Waals surface area contributed by atoms with Crippen molar-refractivity contribution in [2.24, 2.45) is 0 Å². The highest BCUT2D eigenvalue weighted by atomic mass is 16.6. The number of non-ortho nitro benzene ring substituents is 1. The topological polar surface area (TPSA) is 114 Å². The van der Waals surface area contributed by atoms with Crippen LogP contribution in [0.25, 0.3) is 11.3 Å². The molecule has 0 saturated carbocycles. The van der Waals surface area contributed by atoms with Gasteiger partial charge in [-0.1, -0.05) is 6.07 Å². The molecule has 2 aromatic heterocycles. The normalized spacial score (nSPS) is 9.81. The highest BCUT2D eigenvalue weighted by molar-refractivity contribution is 5.64. The molecule has 0 fully saturated rings. The number of nitrogens with zero attached hydrogens (tertiary/aromatic N) is 4. The van der Waals surface area contributed by atoms with Gasteiger partial charge in [-0.15, -0.1) is 0 Å². The zero-order valence-electron chi connectivity index (χ0n) is 14.5. The highest BCUT2D eigenvalue weighted by Gasteiger charge is 2.10. The quantitative estimate of drug-likeness (QED) is 0.545. The van der Waals surface area contributed by atoms with Crippen LogP contribution in [0, 0.1) is 17.0 Å². The summed E-state index contributed by atoms with van der Waals surface area (Å²) < 4.78 is 0. The van der Waals surface area contributed by atoms with E-state index in [0.29, 0.717) is 11.6 Å². The third-order valence-corrected chi connectivity index (χ3v) is 3.29. The Hall–Kier alpha value is -3.39. The predicted molar refractivity (Wildman–Crippen MR) is 99.1 cm³/mol. The number of pyridine rings is 1. The minimum absolute atomic E-state index is 0.0153. The van der Waals surface area contributed by atoms with Gasteiger partial charge in [-0.2, -0.15) is 0 Å². The van der Waals surface area contributed by atoms with Gasteiger partial charge in [0.05, 0.1) is 16.3 Å². The van der Waals surface area contributed by atoms with Crippen LogP contribution in [0.4, 0.5) is 17.3 Å². The minimum Gasteiger partial charge on any atom is -0.397 e. The molecule has 0 unspecified atom stereocenters. The Morgan fingerprint density at radius 2 is 2.00 bits per heavy atom. The molecule has 0 aliphatic rings. The Balaban J connectivity index is 0.000000758. The number of nitro groups is 1. The fourth-order valence-electron chi connectivity index (χ4n) is 2.07. The molecule has 0 spiro atoms. The number of aliphatic hydroxyl groups is 1. The average Bonchev–Trinajstić information content (AvgIpc) is 2.65. The Morgan fingerprint density at radius 3 is 2.65 bits per heavy atom. The van der Waals surface area contributed by atoms with Gasteiger partial charge in [-0.3, -0.25) is 15.1 Å². The minimum atomic E-state index is -0.433. The molecular weight excluding hydrogens is 334 g/mol. The molecule has 3 aromatic rings. The van der Waals surface area contributed by atoms with Crippen molar-refractivity contribution in [1.82, 2.24) is 15.0 Å². The van der Waals surface area contributed by atoms with Gasteiger partial charge in [0.25, 0.3) is 5.69 Å². The molecule has 0 amide bonds. The molecule has 0 bridgehead atoms. The van der Waals surface area contributed by atoms with Crippen molar-refractivity contribution in [1.29, 1.82) is 0 Å². The summed E-state index contributed by atoms with van der Waals surface area (Å²) in [5.41, 5.74) is 3.07. The average molecular weight is 353 g/mol. The van der Waals surface area contributed by atoms with E-state index in [0.717, 1.165) is 16.8 Å².